The van der Waals surface area contributed by atoms with Crippen molar-refractivity contribution < 1.29 is 24.2 Å². The molecule has 3 amide bonds. The molecule has 0 saturated carbocycles. The number of carbonyl (C=O) groups excluding carboxylic acids is 2. The van der Waals surface area contributed by atoms with Gasteiger partial charge in [0.15, 0.2) is 6.10 Å². The van der Waals surface area contributed by atoms with Crippen LogP contribution < -0.4 is 16.0 Å². The fourth-order valence-electron chi connectivity index (χ4n) is 0.940. The Kier molecular flexibility index (Phi) is 7.44. The van der Waals surface area contributed by atoms with Crippen LogP contribution in [-0.4, -0.2) is 55.9 Å². The highest BCUT2D eigenvalue weighted by atomic mass is 16.5. The van der Waals surface area contributed by atoms with Crippen LogP contribution in [0.5, 0.6) is 0 Å². The van der Waals surface area contributed by atoms with E-state index in [1.54, 1.807) is 6.92 Å². The summed E-state index contributed by atoms with van der Waals surface area (Å²) in [6.45, 7) is 1.90. The number of rotatable bonds is 7. The van der Waals surface area contributed by atoms with Crippen molar-refractivity contribution in [1.29, 1.82) is 0 Å². The molecular weight excluding hydrogens is 230 g/mol. The monoisotopic (exact) mass is 247 g/mol. The van der Waals surface area contributed by atoms with Crippen molar-refractivity contribution in [2.45, 2.75) is 13.0 Å². The van der Waals surface area contributed by atoms with Crippen molar-refractivity contribution in [3.63, 3.8) is 0 Å². The maximum absolute atomic E-state index is 11.1. The Morgan fingerprint density at radius 1 is 1.24 bits per heavy atom. The van der Waals surface area contributed by atoms with Crippen molar-refractivity contribution in [3.05, 3.63) is 0 Å². The molecule has 0 bridgehead atoms. The molecular formula is C9H17N3O5. The summed E-state index contributed by atoms with van der Waals surface area (Å²) in [4.78, 5) is 32.7. The summed E-state index contributed by atoms with van der Waals surface area (Å²) in [6, 6.07) is -0.625. The van der Waals surface area contributed by atoms with E-state index in [9.17, 15) is 14.4 Å². The predicted molar refractivity (Wildman–Crippen MR) is 58.5 cm³/mol. The average Bonchev–Trinajstić information content (AvgIpc) is 2.27. The van der Waals surface area contributed by atoms with Crippen molar-refractivity contribution >= 4 is 17.9 Å². The first kappa shape index (κ1) is 15.2. The van der Waals surface area contributed by atoms with Crippen LogP contribution >= 0.6 is 0 Å². The van der Waals surface area contributed by atoms with E-state index in [1.807, 2.05) is 0 Å². The molecule has 0 aliphatic rings. The Hall–Kier alpha value is -1.83. The maximum atomic E-state index is 11.1. The number of carboxylic acid groups (broad SMARTS) is 1. The van der Waals surface area contributed by atoms with Crippen LogP contribution in [0.4, 0.5) is 4.79 Å². The van der Waals surface area contributed by atoms with Gasteiger partial charge in [0.1, 0.15) is 0 Å². The largest absolute Gasteiger partial charge is 0.479 e. The molecule has 0 aromatic carbocycles. The normalized spacial score (nSPS) is 11.4. The van der Waals surface area contributed by atoms with Gasteiger partial charge in [0.25, 0.3) is 0 Å². The zero-order valence-electron chi connectivity index (χ0n) is 9.78. The number of ether oxygens (including phenoxy) is 1. The highest BCUT2D eigenvalue weighted by molar-refractivity contribution is 5.84. The fourth-order valence-corrected chi connectivity index (χ4v) is 0.940. The molecule has 98 valence electrons. The Labute approximate surface area is 98.7 Å². The average molecular weight is 247 g/mol. The van der Waals surface area contributed by atoms with Crippen LogP contribution in [0.1, 0.15) is 6.92 Å². The summed E-state index contributed by atoms with van der Waals surface area (Å²) >= 11 is 0. The van der Waals surface area contributed by atoms with E-state index >= 15 is 0 Å². The van der Waals surface area contributed by atoms with Crippen molar-refractivity contribution in [2.75, 3.05) is 26.7 Å². The second kappa shape index (κ2) is 8.34. The van der Waals surface area contributed by atoms with Crippen LogP contribution in [0.15, 0.2) is 0 Å². The van der Waals surface area contributed by atoms with Crippen molar-refractivity contribution in [1.82, 2.24) is 16.0 Å². The first-order valence-electron chi connectivity index (χ1n) is 5.05. The lowest BCUT2D eigenvalue weighted by atomic mass is 10.3. The van der Waals surface area contributed by atoms with Gasteiger partial charge in [-0.2, -0.15) is 0 Å². The number of carbonyl (C=O) groups is 3. The molecule has 0 fully saturated rings. The zero-order valence-corrected chi connectivity index (χ0v) is 9.78. The number of hydrogen-bond acceptors (Lipinski definition) is 4. The topological polar surface area (TPSA) is 117 Å². The smallest absolute Gasteiger partial charge is 0.334 e. The molecule has 0 spiro atoms. The van der Waals surface area contributed by atoms with Gasteiger partial charge < -0.3 is 25.8 Å². The van der Waals surface area contributed by atoms with Gasteiger partial charge in [-0.05, 0) is 6.92 Å². The number of methoxy groups -OCH3 is 1. The number of aliphatic carboxylic acids is 1. The third kappa shape index (κ3) is 7.12. The maximum Gasteiger partial charge on any atom is 0.334 e. The van der Waals surface area contributed by atoms with Crippen LogP contribution in [0.2, 0.25) is 0 Å². The predicted octanol–water partition coefficient (Wildman–Crippen LogP) is -1.48. The SMILES string of the molecule is CCNC(=O)CNC(=O)NCC(OC)C(=O)O. The first-order chi connectivity index (χ1) is 8.01. The van der Waals surface area contributed by atoms with Gasteiger partial charge in [-0.15, -0.1) is 0 Å². The van der Waals surface area contributed by atoms with E-state index in [4.69, 9.17) is 5.11 Å². The molecule has 17 heavy (non-hydrogen) atoms. The highest BCUT2D eigenvalue weighted by Gasteiger charge is 2.17. The highest BCUT2D eigenvalue weighted by Crippen LogP contribution is 1.87. The number of urea groups is 1. The minimum absolute atomic E-state index is 0.162. The molecule has 0 saturated heterocycles. The lowest BCUT2D eigenvalue weighted by Crippen LogP contribution is -2.45. The lowest BCUT2D eigenvalue weighted by molar-refractivity contribution is -0.148. The molecule has 0 rings (SSSR count). The van der Waals surface area contributed by atoms with Crippen LogP contribution in [0.3, 0.4) is 0 Å². The summed E-state index contributed by atoms with van der Waals surface area (Å²) in [6.07, 6.45) is -1.11. The molecule has 8 nitrogen and oxygen atoms in total. The van der Waals surface area contributed by atoms with Crippen LogP contribution in [-0.2, 0) is 14.3 Å². The molecule has 0 heterocycles. The Morgan fingerprint density at radius 3 is 2.35 bits per heavy atom. The summed E-state index contributed by atoms with van der Waals surface area (Å²) < 4.78 is 4.60. The molecule has 8 heteroatoms. The van der Waals surface area contributed by atoms with E-state index in [0.29, 0.717) is 6.54 Å². The van der Waals surface area contributed by atoms with Crippen molar-refractivity contribution in [2.24, 2.45) is 0 Å². The van der Waals surface area contributed by atoms with Gasteiger partial charge in [0.05, 0.1) is 13.1 Å². The number of likely N-dealkylation sites (N-methyl/N-ethyl adjacent to an activating group) is 1. The van der Waals surface area contributed by atoms with Crippen LogP contribution in [0.25, 0.3) is 0 Å². The summed E-state index contributed by atoms with van der Waals surface area (Å²) in [5.41, 5.74) is 0. The molecule has 0 aromatic heterocycles. The fraction of sp³-hybridized carbons (Fsp3) is 0.667. The first-order valence-corrected chi connectivity index (χ1v) is 5.05. The summed E-state index contributed by atoms with van der Waals surface area (Å²) in [7, 11) is 1.23. The third-order valence-electron chi connectivity index (χ3n) is 1.79. The standard InChI is InChI=1S/C9H17N3O5/c1-3-10-7(13)5-12-9(16)11-4-6(17-2)8(14)15/h6H,3-5H2,1-2H3,(H,10,13)(H,14,15)(H2,11,12,16). The molecule has 0 radical (unpaired) electrons. The third-order valence-corrected chi connectivity index (χ3v) is 1.79. The van der Waals surface area contributed by atoms with Gasteiger partial charge in [-0.3, -0.25) is 4.79 Å². The lowest BCUT2D eigenvalue weighted by Gasteiger charge is -2.12. The molecule has 1 atom stereocenters. The van der Waals surface area contributed by atoms with E-state index in [0.717, 1.165) is 0 Å². The Balaban J connectivity index is 3.79. The quantitative estimate of drug-likeness (QED) is 0.438. The van der Waals surface area contributed by atoms with E-state index in [1.165, 1.54) is 7.11 Å². The number of amides is 3. The second-order valence-corrected chi connectivity index (χ2v) is 3.08. The molecule has 0 aromatic rings. The van der Waals surface area contributed by atoms with Gasteiger partial charge in [0.2, 0.25) is 5.91 Å². The van der Waals surface area contributed by atoms with Gasteiger partial charge in [-0.1, -0.05) is 0 Å². The number of hydrogen-bond donors (Lipinski definition) is 4. The minimum Gasteiger partial charge on any atom is -0.479 e. The molecule has 1 unspecified atom stereocenters. The summed E-state index contributed by atoms with van der Waals surface area (Å²) in [5.74, 6) is -1.49. The van der Waals surface area contributed by atoms with E-state index < -0.39 is 18.1 Å². The molecule has 4 N–H and O–H groups in total. The second-order valence-electron chi connectivity index (χ2n) is 3.08. The number of nitrogens with one attached hydrogen (secondary N) is 3. The van der Waals surface area contributed by atoms with Crippen molar-refractivity contribution in [3.8, 4) is 0 Å². The molecule has 0 aliphatic heterocycles. The number of carboxylic acids is 1. The van der Waals surface area contributed by atoms with Crippen LogP contribution in [0, 0.1) is 0 Å². The Morgan fingerprint density at radius 2 is 1.88 bits per heavy atom. The Bertz CT molecular complexity index is 282. The van der Waals surface area contributed by atoms with Gasteiger partial charge in [0, 0.05) is 13.7 Å². The minimum atomic E-state index is -1.17. The summed E-state index contributed by atoms with van der Waals surface area (Å²) in [5, 5.41) is 15.7. The molecule has 0 aliphatic carbocycles. The van der Waals surface area contributed by atoms with Gasteiger partial charge >= 0.3 is 12.0 Å². The zero-order chi connectivity index (χ0) is 13.3. The van der Waals surface area contributed by atoms with E-state index in [-0.39, 0.29) is 19.0 Å². The van der Waals surface area contributed by atoms with E-state index in [2.05, 4.69) is 20.7 Å². The van der Waals surface area contributed by atoms with Gasteiger partial charge in [-0.25, -0.2) is 9.59 Å².